The first kappa shape index (κ1) is 13.3. The van der Waals surface area contributed by atoms with Gasteiger partial charge in [0.05, 0.1) is 18.9 Å². The molecule has 0 aliphatic rings. The van der Waals surface area contributed by atoms with E-state index in [1.165, 1.54) is 24.1 Å². The first-order valence-corrected chi connectivity index (χ1v) is 5.37. The van der Waals surface area contributed by atoms with Crippen LogP contribution in [0.5, 0.6) is 5.75 Å². The van der Waals surface area contributed by atoms with Crippen LogP contribution in [0.1, 0.15) is 5.56 Å². The predicted octanol–water partition coefficient (Wildman–Crippen LogP) is 2.70. The van der Waals surface area contributed by atoms with E-state index in [2.05, 4.69) is 5.10 Å². The van der Waals surface area contributed by atoms with Crippen molar-refractivity contribution >= 4 is 5.82 Å². The summed E-state index contributed by atoms with van der Waals surface area (Å²) in [6, 6.07) is 3.24. The van der Waals surface area contributed by atoms with Gasteiger partial charge in [-0.15, -0.1) is 0 Å². The van der Waals surface area contributed by atoms with Crippen molar-refractivity contribution in [1.29, 1.82) is 0 Å². The van der Waals surface area contributed by atoms with Crippen LogP contribution < -0.4 is 10.5 Å². The van der Waals surface area contributed by atoms with Crippen LogP contribution in [0.25, 0.3) is 11.1 Å². The summed E-state index contributed by atoms with van der Waals surface area (Å²) in [7, 11) is 3.00. The molecule has 0 unspecified atom stereocenters. The number of rotatable bonds is 2. The summed E-state index contributed by atoms with van der Waals surface area (Å²) >= 11 is 0. The van der Waals surface area contributed by atoms with Gasteiger partial charge in [0.1, 0.15) is 11.6 Å². The fraction of sp³-hybridized carbons (Fsp3) is 0.250. The van der Waals surface area contributed by atoms with Crippen LogP contribution in [0.3, 0.4) is 0 Å². The molecule has 0 bridgehead atoms. The summed E-state index contributed by atoms with van der Waals surface area (Å²) in [6.07, 6.45) is -3.01. The maximum Gasteiger partial charge on any atom is 0.416 e. The maximum absolute atomic E-state index is 12.7. The Balaban J connectivity index is 2.63. The molecule has 0 saturated heterocycles. The normalized spacial score (nSPS) is 11.6. The number of alkyl halides is 3. The van der Waals surface area contributed by atoms with Crippen LogP contribution in [-0.2, 0) is 13.2 Å². The van der Waals surface area contributed by atoms with Crippen molar-refractivity contribution in [2.45, 2.75) is 6.18 Å². The molecule has 0 radical (unpaired) electrons. The highest BCUT2D eigenvalue weighted by atomic mass is 19.4. The number of nitrogen functional groups attached to an aromatic ring is 1. The summed E-state index contributed by atoms with van der Waals surface area (Å²) in [5, 5.41) is 3.91. The lowest BCUT2D eigenvalue weighted by Crippen LogP contribution is -2.05. The van der Waals surface area contributed by atoms with Crippen LogP contribution in [0.2, 0.25) is 0 Å². The van der Waals surface area contributed by atoms with Gasteiger partial charge in [0, 0.05) is 18.2 Å². The molecular weight excluding hydrogens is 259 g/mol. The first-order chi connectivity index (χ1) is 8.84. The van der Waals surface area contributed by atoms with Gasteiger partial charge >= 0.3 is 6.18 Å². The van der Waals surface area contributed by atoms with Gasteiger partial charge in [0.15, 0.2) is 0 Å². The van der Waals surface area contributed by atoms with E-state index < -0.39 is 11.7 Å². The zero-order valence-electron chi connectivity index (χ0n) is 10.3. The summed E-state index contributed by atoms with van der Waals surface area (Å²) in [5.74, 6) is 0.588. The molecule has 0 amide bonds. The summed E-state index contributed by atoms with van der Waals surface area (Å²) in [4.78, 5) is 0. The monoisotopic (exact) mass is 271 g/mol. The molecule has 7 heteroatoms. The van der Waals surface area contributed by atoms with Crippen molar-refractivity contribution in [1.82, 2.24) is 9.78 Å². The van der Waals surface area contributed by atoms with Gasteiger partial charge in [-0.25, -0.2) is 0 Å². The number of aromatic nitrogens is 2. The SMILES string of the molecule is COc1ccc(C(F)(F)F)cc1-c1cnn(C)c1N. The van der Waals surface area contributed by atoms with Crippen LogP contribution in [-0.4, -0.2) is 16.9 Å². The highest BCUT2D eigenvalue weighted by molar-refractivity contribution is 5.78. The van der Waals surface area contributed by atoms with Crippen molar-refractivity contribution in [3.05, 3.63) is 30.0 Å². The maximum atomic E-state index is 12.7. The highest BCUT2D eigenvalue weighted by Gasteiger charge is 2.31. The third-order valence-electron chi connectivity index (χ3n) is 2.80. The molecule has 2 aromatic rings. The van der Waals surface area contributed by atoms with Gasteiger partial charge in [0.2, 0.25) is 0 Å². The molecule has 4 nitrogen and oxygen atoms in total. The largest absolute Gasteiger partial charge is 0.496 e. The zero-order valence-corrected chi connectivity index (χ0v) is 10.3. The lowest BCUT2D eigenvalue weighted by atomic mass is 10.0. The second-order valence-corrected chi connectivity index (χ2v) is 3.98. The molecule has 0 atom stereocenters. The van der Waals surface area contributed by atoms with E-state index in [4.69, 9.17) is 10.5 Å². The Hall–Kier alpha value is -2.18. The Morgan fingerprint density at radius 3 is 2.42 bits per heavy atom. The minimum absolute atomic E-state index is 0.267. The number of benzene rings is 1. The summed E-state index contributed by atoms with van der Waals surface area (Å²) in [5.41, 5.74) is 5.70. The van der Waals surface area contributed by atoms with Crippen molar-refractivity contribution in [2.24, 2.45) is 7.05 Å². The molecule has 0 aliphatic carbocycles. The lowest BCUT2D eigenvalue weighted by Gasteiger charge is -2.12. The number of halogens is 3. The number of nitrogens with two attached hydrogens (primary N) is 1. The smallest absolute Gasteiger partial charge is 0.416 e. The third kappa shape index (κ3) is 2.35. The highest BCUT2D eigenvalue weighted by Crippen LogP contribution is 2.38. The van der Waals surface area contributed by atoms with Gasteiger partial charge in [-0.05, 0) is 18.2 Å². The molecule has 0 spiro atoms. The standard InChI is InChI=1S/C12H12F3N3O/c1-18-11(16)9(6-17-18)8-5-7(12(13,14)15)3-4-10(8)19-2/h3-6H,16H2,1-2H3. The van der Waals surface area contributed by atoms with E-state index in [9.17, 15) is 13.2 Å². The van der Waals surface area contributed by atoms with Crippen LogP contribution in [0.15, 0.2) is 24.4 Å². The van der Waals surface area contributed by atoms with Crippen molar-refractivity contribution in [3.8, 4) is 16.9 Å². The van der Waals surface area contributed by atoms with Crippen LogP contribution in [0.4, 0.5) is 19.0 Å². The molecule has 0 aliphatic heterocycles. The minimum atomic E-state index is -4.42. The Kier molecular flexibility index (Phi) is 3.13. The number of ether oxygens (including phenoxy) is 1. The molecule has 1 aromatic heterocycles. The molecule has 1 aromatic carbocycles. The molecule has 1 heterocycles. The minimum Gasteiger partial charge on any atom is -0.496 e. The van der Waals surface area contributed by atoms with E-state index in [1.807, 2.05) is 0 Å². The fourth-order valence-corrected chi connectivity index (χ4v) is 1.75. The molecule has 19 heavy (non-hydrogen) atoms. The van der Waals surface area contributed by atoms with E-state index in [0.717, 1.165) is 12.1 Å². The summed E-state index contributed by atoms with van der Waals surface area (Å²) < 4.78 is 44.7. The molecule has 0 fully saturated rings. The van der Waals surface area contributed by atoms with Crippen LogP contribution in [0, 0.1) is 0 Å². The second kappa shape index (κ2) is 4.49. The number of methoxy groups -OCH3 is 1. The third-order valence-corrected chi connectivity index (χ3v) is 2.80. The molecular formula is C12H12F3N3O. The van der Waals surface area contributed by atoms with Gasteiger partial charge in [-0.3, -0.25) is 4.68 Å². The van der Waals surface area contributed by atoms with Gasteiger partial charge < -0.3 is 10.5 Å². The van der Waals surface area contributed by atoms with Crippen molar-refractivity contribution < 1.29 is 17.9 Å². The van der Waals surface area contributed by atoms with E-state index in [0.29, 0.717) is 11.3 Å². The Bertz CT molecular complexity index is 605. The molecule has 2 rings (SSSR count). The number of anilines is 1. The van der Waals surface area contributed by atoms with E-state index >= 15 is 0 Å². The summed E-state index contributed by atoms with van der Waals surface area (Å²) in [6.45, 7) is 0. The van der Waals surface area contributed by atoms with Gasteiger partial charge in [-0.2, -0.15) is 18.3 Å². The molecule has 102 valence electrons. The van der Waals surface area contributed by atoms with E-state index in [1.54, 1.807) is 7.05 Å². The van der Waals surface area contributed by atoms with Crippen LogP contribution >= 0.6 is 0 Å². The number of nitrogens with zero attached hydrogens (tertiary/aromatic N) is 2. The Morgan fingerprint density at radius 1 is 1.26 bits per heavy atom. The zero-order chi connectivity index (χ0) is 14.2. The first-order valence-electron chi connectivity index (χ1n) is 5.37. The predicted molar refractivity (Wildman–Crippen MR) is 64.6 cm³/mol. The molecule has 0 saturated carbocycles. The van der Waals surface area contributed by atoms with Gasteiger partial charge in [0.25, 0.3) is 0 Å². The lowest BCUT2D eigenvalue weighted by molar-refractivity contribution is -0.137. The number of hydrogen-bond acceptors (Lipinski definition) is 3. The topological polar surface area (TPSA) is 53.1 Å². The fourth-order valence-electron chi connectivity index (χ4n) is 1.75. The molecule has 2 N–H and O–H groups in total. The van der Waals surface area contributed by atoms with E-state index in [-0.39, 0.29) is 11.4 Å². The number of aryl methyl sites for hydroxylation is 1. The average molecular weight is 271 g/mol. The Labute approximate surface area is 107 Å². The average Bonchev–Trinajstić information content (AvgIpc) is 2.68. The second-order valence-electron chi connectivity index (χ2n) is 3.98. The number of hydrogen-bond donors (Lipinski definition) is 1. The quantitative estimate of drug-likeness (QED) is 0.913. The van der Waals surface area contributed by atoms with Gasteiger partial charge in [-0.1, -0.05) is 0 Å². The van der Waals surface area contributed by atoms with Crippen molar-refractivity contribution in [2.75, 3.05) is 12.8 Å². The Morgan fingerprint density at radius 2 is 1.95 bits per heavy atom. The van der Waals surface area contributed by atoms with Crippen molar-refractivity contribution in [3.63, 3.8) is 0 Å².